The van der Waals surface area contributed by atoms with Crippen LogP contribution in [-0.4, -0.2) is 29.6 Å². The monoisotopic (exact) mass is 280 g/mol. The summed E-state index contributed by atoms with van der Waals surface area (Å²) in [4.78, 5) is 4.37. The molecule has 0 amide bonds. The van der Waals surface area contributed by atoms with Crippen molar-refractivity contribution in [2.45, 2.75) is 13.3 Å². The quantitative estimate of drug-likeness (QED) is 0.617. The molecule has 1 saturated heterocycles. The molecule has 0 spiro atoms. The van der Waals surface area contributed by atoms with Crippen LogP contribution in [0.15, 0.2) is 30.9 Å². The molecule has 0 aromatic heterocycles. The molecular weight excluding hydrogens is 264 g/mol. The molecule has 1 aromatic rings. The number of nitrogens with zero attached hydrogens (tertiary/aromatic N) is 2. The molecule has 0 aliphatic carbocycles. The second-order valence-corrected chi connectivity index (χ2v) is 5.25. The fourth-order valence-electron chi connectivity index (χ4n) is 2.25. The van der Waals surface area contributed by atoms with E-state index in [9.17, 15) is 0 Å². The summed E-state index contributed by atoms with van der Waals surface area (Å²) in [5.41, 5.74) is 2.31. The molecular formula is C14H17ClN2S. The first-order chi connectivity index (χ1) is 8.63. The SMILES string of the molecule is C=CCN1CCCN(c2ccc(Cl)cc2C)C1=S. The molecule has 0 saturated carbocycles. The van der Waals surface area contributed by atoms with E-state index in [0.717, 1.165) is 47.4 Å². The summed E-state index contributed by atoms with van der Waals surface area (Å²) in [7, 11) is 0. The minimum atomic E-state index is 0.766. The van der Waals surface area contributed by atoms with Gasteiger partial charge in [0.2, 0.25) is 0 Å². The van der Waals surface area contributed by atoms with Gasteiger partial charge in [0.1, 0.15) is 0 Å². The first-order valence-electron chi connectivity index (χ1n) is 6.07. The highest BCUT2D eigenvalue weighted by Gasteiger charge is 2.23. The highest BCUT2D eigenvalue weighted by atomic mass is 35.5. The second-order valence-electron chi connectivity index (χ2n) is 4.45. The van der Waals surface area contributed by atoms with Gasteiger partial charge in [-0.25, -0.2) is 0 Å². The Morgan fingerprint density at radius 1 is 1.44 bits per heavy atom. The molecule has 1 aliphatic heterocycles. The van der Waals surface area contributed by atoms with Gasteiger partial charge in [-0.15, -0.1) is 6.58 Å². The number of thiocarbonyl (C=S) groups is 1. The van der Waals surface area contributed by atoms with Crippen LogP contribution in [0.3, 0.4) is 0 Å². The summed E-state index contributed by atoms with van der Waals surface area (Å²) in [5.74, 6) is 0. The van der Waals surface area contributed by atoms with Crippen LogP contribution in [0, 0.1) is 6.92 Å². The van der Waals surface area contributed by atoms with Gasteiger partial charge in [0, 0.05) is 30.3 Å². The topological polar surface area (TPSA) is 6.48 Å². The van der Waals surface area contributed by atoms with Gasteiger partial charge in [0.05, 0.1) is 0 Å². The molecule has 18 heavy (non-hydrogen) atoms. The van der Waals surface area contributed by atoms with Crippen molar-refractivity contribution in [2.75, 3.05) is 24.5 Å². The van der Waals surface area contributed by atoms with Crippen LogP contribution in [0.25, 0.3) is 0 Å². The zero-order valence-electron chi connectivity index (χ0n) is 10.5. The number of halogens is 1. The number of benzene rings is 1. The van der Waals surface area contributed by atoms with Crippen LogP contribution in [0.2, 0.25) is 5.02 Å². The van der Waals surface area contributed by atoms with Crippen LogP contribution >= 0.6 is 23.8 Å². The summed E-state index contributed by atoms with van der Waals surface area (Å²) in [6.45, 7) is 8.63. The Bertz CT molecular complexity index is 473. The zero-order valence-corrected chi connectivity index (χ0v) is 12.1. The zero-order chi connectivity index (χ0) is 13.1. The van der Waals surface area contributed by atoms with E-state index in [1.807, 2.05) is 24.3 Å². The van der Waals surface area contributed by atoms with Crippen LogP contribution in [-0.2, 0) is 0 Å². The number of anilines is 1. The van der Waals surface area contributed by atoms with E-state index in [1.54, 1.807) is 0 Å². The number of hydrogen-bond donors (Lipinski definition) is 0. The standard InChI is InChI=1S/C14H17ClN2S/c1-3-7-16-8-4-9-17(14(16)18)13-6-5-12(15)10-11(13)2/h3,5-6,10H,1,4,7-9H2,2H3. The maximum absolute atomic E-state index is 6.00. The van der Waals surface area contributed by atoms with Gasteiger partial charge in [-0.2, -0.15) is 0 Å². The third-order valence-electron chi connectivity index (χ3n) is 3.11. The largest absolute Gasteiger partial charge is 0.345 e. The van der Waals surface area contributed by atoms with Crippen LogP contribution in [0.1, 0.15) is 12.0 Å². The Balaban J connectivity index is 2.26. The smallest absolute Gasteiger partial charge is 0.176 e. The van der Waals surface area contributed by atoms with Gasteiger partial charge in [0.15, 0.2) is 5.11 Å². The highest BCUT2D eigenvalue weighted by Crippen LogP contribution is 2.26. The minimum Gasteiger partial charge on any atom is -0.345 e. The fourth-order valence-corrected chi connectivity index (χ4v) is 2.83. The van der Waals surface area contributed by atoms with E-state index >= 15 is 0 Å². The van der Waals surface area contributed by atoms with Crippen molar-refractivity contribution in [3.05, 3.63) is 41.4 Å². The van der Waals surface area contributed by atoms with E-state index < -0.39 is 0 Å². The third kappa shape index (κ3) is 2.68. The normalized spacial score (nSPS) is 16.0. The van der Waals surface area contributed by atoms with E-state index in [1.165, 1.54) is 0 Å². The number of rotatable bonds is 3. The molecule has 2 nitrogen and oxygen atoms in total. The Morgan fingerprint density at radius 3 is 2.89 bits per heavy atom. The molecule has 0 radical (unpaired) electrons. The molecule has 4 heteroatoms. The average Bonchev–Trinajstić information content (AvgIpc) is 2.33. The predicted molar refractivity (Wildman–Crippen MR) is 82.5 cm³/mol. The Hall–Kier alpha value is -1.06. The molecule has 96 valence electrons. The van der Waals surface area contributed by atoms with Crippen molar-refractivity contribution in [2.24, 2.45) is 0 Å². The van der Waals surface area contributed by atoms with Gasteiger partial charge >= 0.3 is 0 Å². The Morgan fingerprint density at radius 2 is 2.22 bits per heavy atom. The van der Waals surface area contributed by atoms with Crippen LogP contribution in [0.4, 0.5) is 5.69 Å². The van der Waals surface area contributed by atoms with E-state index in [-0.39, 0.29) is 0 Å². The third-order valence-corrected chi connectivity index (χ3v) is 3.82. The Kier molecular flexibility index (Phi) is 4.25. The maximum Gasteiger partial charge on any atom is 0.176 e. The van der Waals surface area contributed by atoms with Gasteiger partial charge in [-0.1, -0.05) is 17.7 Å². The lowest BCUT2D eigenvalue weighted by Crippen LogP contribution is -2.49. The molecule has 2 rings (SSSR count). The summed E-state index contributed by atoms with van der Waals surface area (Å²) in [5, 5.41) is 1.65. The van der Waals surface area contributed by atoms with Crippen molar-refractivity contribution >= 4 is 34.6 Å². The molecule has 0 unspecified atom stereocenters. The maximum atomic E-state index is 6.00. The Labute approximate surface area is 119 Å². The molecule has 1 fully saturated rings. The first-order valence-corrected chi connectivity index (χ1v) is 6.85. The van der Waals surface area contributed by atoms with Crippen molar-refractivity contribution in [1.82, 2.24) is 4.90 Å². The number of hydrogen-bond acceptors (Lipinski definition) is 1. The van der Waals surface area contributed by atoms with E-state index in [4.69, 9.17) is 23.8 Å². The van der Waals surface area contributed by atoms with E-state index in [2.05, 4.69) is 23.3 Å². The van der Waals surface area contributed by atoms with Gasteiger partial charge in [-0.05, 0) is 49.3 Å². The van der Waals surface area contributed by atoms with Crippen molar-refractivity contribution in [1.29, 1.82) is 0 Å². The lowest BCUT2D eigenvalue weighted by Gasteiger charge is -2.38. The van der Waals surface area contributed by atoms with E-state index in [0.29, 0.717) is 0 Å². The average molecular weight is 281 g/mol. The predicted octanol–water partition coefficient (Wildman–Crippen LogP) is 3.63. The first kappa shape index (κ1) is 13.4. The van der Waals surface area contributed by atoms with Crippen LogP contribution in [0.5, 0.6) is 0 Å². The molecule has 1 aliphatic rings. The minimum absolute atomic E-state index is 0.766. The van der Waals surface area contributed by atoms with Crippen molar-refractivity contribution in [3.8, 4) is 0 Å². The summed E-state index contributed by atoms with van der Waals surface area (Å²) < 4.78 is 0. The molecule has 0 bridgehead atoms. The lowest BCUT2D eigenvalue weighted by molar-refractivity contribution is 0.425. The summed E-state index contributed by atoms with van der Waals surface area (Å²) in [6, 6.07) is 5.94. The molecule has 0 atom stereocenters. The summed E-state index contributed by atoms with van der Waals surface area (Å²) >= 11 is 11.6. The van der Waals surface area contributed by atoms with Crippen molar-refractivity contribution in [3.63, 3.8) is 0 Å². The molecule has 0 N–H and O–H groups in total. The number of aryl methyl sites for hydroxylation is 1. The molecule has 1 heterocycles. The van der Waals surface area contributed by atoms with Crippen LogP contribution < -0.4 is 4.90 Å². The van der Waals surface area contributed by atoms with Gasteiger partial charge in [-0.3, -0.25) is 0 Å². The molecule has 1 aromatic carbocycles. The second kappa shape index (κ2) is 5.72. The van der Waals surface area contributed by atoms with Gasteiger partial charge in [0.25, 0.3) is 0 Å². The lowest BCUT2D eigenvalue weighted by atomic mass is 10.1. The van der Waals surface area contributed by atoms with Gasteiger partial charge < -0.3 is 9.80 Å². The van der Waals surface area contributed by atoms with Crippen molar-refractivity contribution < 1.29 is 0 Å². The highest BCUT2D eigenvalue weighted by molar-refractivity contribution is 7.80. The summed E-state index contributed by atoms with van der Waals surface area (Å²) in [6.07, 6.45) is 3.00. The fraction of sp³-hybridized carbons (Fsp3) is 0.357.